The molecule has 1 aromatic heterocycles. The molecular formula is C18H17F2NO4. The van der Waals surface area contributed by atoms with E-state index in [4.69, 9.17) is 4.74 Å². The Morgan fingerprint density at radius 3 is 2.12 bits per heavy atom. The monoisotopic (exact) mass is 349 g/mol. The molecule has 132 valence electrons. The molecule has 2 rings (SSSR count). The molecular weight excluding hydrogens is 332 g/mol. The zero-order chi connectivity index (χ0) is 18.9. The van der Waals surface area contributed by atoms with Crippen LogP contribution in [0.3, 0.4) is 0 Å². The lowest BCUT2D eigenvalue weighted by molar-refractivity contribution is 0.0307. The van der Waals surface area contributed by atoms with Gasteiger partial charge >= 0.3 is 5.97 Å². The van der Waals surface area contributed by atoms with Gasteiger partial charge in [0.2, 0.25) is 5.78 Å². The zero-order valence-electron chi connectivity index (χ0n) is 14.2. The summed E-state index contributed by atoms with van der Waals surface area (Å²) >= 11 is 0. The van der Waals surface area contributed by atoms with Gasteiger partial charge < -0.3 is 9.72 Å². The van der Waals surface area contributed by atoms with Gasteiger partial charge in [0.15, 0.2) is 11.9 Å². The molecule has 0 aliphatic rings. The van der Waals surface area contributed by atoms with Crippen LogP contribution in [0.2, 0.25) is 0 Å². The van der Waals surface area contributed by atoms with Crippen molar-refractivity contribution < 1.29 is 27.9 Å². The third kappa shape index (κ3) is 3.50. The third-order valence-corrected chi connectivity index (χ3v) is 3.86. The minimum absolute atomic E-state index is 0.122. The van der Waals surface area contributed by atoms with Crippen LogP contribution in [0.5, 0.6) is 0 Å². The van der Waals surface area contributed by atoms with Crippen LogP contribution >= 0.6 is 0 Å². The Kier molecular flexibility index (Phi) is 5.15. The predicted octanol–water partition coefficient (Wildman–Crippen LogP) is 3.54. The zero-order valence-corrected chi connectivity index (χ0v) is 14.2. The molecule has 0 saturated carbocycles. The van der Waals surface area contributed by atoms with Gasteiger partial charge in [-0.1, -0.05) is 6.07 Å². The lowest BCUT2D eigenvalue weighted by Crippen LogP contribution is -2.26. The molecule has 0 fully saturated rings. The number of rotatable bonds is 5. The standard InChI is InChI=1S/C18H17F2NO4/c1-8-14(10(3)22)9(2)21-16(8)17(23)11(4)25-18(24)15-12(19)6-5-7-13(15)20/h5-7,11,21H,1-4H3/t11-/m1/s1. The summed E-state index contributed by atoms with van der Waals surface area (Å²) in [5, 5.41) is 0. The fourth-order valence-electron chi connectivity index (χ4n) is 2.69. The first kappa shape index (κ1) is 18.5. The highest BCUT2D eigenvalue weighted by molar-refractivity contribution is 6.05. The van der Waals surface area contributed by atoms with Gasteiger partial charge in [0.25, 0.3) is 0 Å². The largest absolute Gasteiger partial charge is 0.450 e. The Morgan fingerprint density at radius 2 is 1.64 bits per heavy atom. The Balaban J connectivity index is 2.26. The maximum Gasteiger partial charge on any atom is 0.344 e. The van der Waals surface area contributed by atoms with E-state index in [1.807, 2.05) is 0 Å². The number of ether oxygens (including phenoxy) is 1. The summed E-state index contributed by atoms with van der Waals surface area (Å²) in [5.41, 5.74) is 0.618. The highest BCUT2D eigenvalue weighted by Crippen LogP contribution is 2.21. The van der Waals surface area contributed by atoms with Gasteiger partial charge in [0.1, 0.15) is 17.2 Å². The second kappa shape index (κ2) is 6.96. The summed E-state index contributed by atoms with van der Waals surface area (Å²) in [5.74, 6) is -4.23. The first-order valence-corrected chi connectivity index (χ1v) is 7.54. The number of aryl methyl sites for hydroxylation is 1. The number of aromatic nitrogens is 1. The molecule has 0 bridgehead atoms. The average molecular weight is 349 g/mol. The van der Waals surface area contributed by atoms with Crippen molar-refractivity contribution >= 4 is 17.5 Å². The number of hydrogen-bond acceptors (Lipinski definition) is 4. The molecule has 0 radical (unpaired) electrons. The molecule has 1 aromatic carbocycles. The van der Waals surface area contributed by atoms with Gasteiger partial charge in [-0.2, -0.15) is 0 Å². The van der Waals surface area contributed by atoms with Crippen molar-refractivity contribution in [1.29, 1.82) is 0 Å². The summed E-state index contributed by atoms with van der Waals surface area (Å²) in [6.07, 6.45) is -1.29. The first-order valence-electron chi connectivity index (χ1n) is 7.54. The van der Waals surface area contributed by atoms with Gasteiger partial charge in [-0.25, -0.2) is 13.6 Å². The summed E-state index contributed by atoms with van der Waals surface area (Å²) in [4.78, 5) is 38.9. The van der Waals surface area contributed by atoms with Gasteiger partial charge in [0.05, 0.1) is 5.69 Å². The van der Waals surface area contributed by atoms with Crippen LogP contribution < -0.4 is 0 Å². The maximum atomic E-state index is 13.6. The molecule has 1 heterocycles. The third-order valence-electron chi connectivity index (χ3n) is 3.86. The van der Waals surface area contributed by atoms with Crippen LogP contribution in [0.25, 0.3) is 0 Å². The van der Waals surface area contributed by atoms with Crippen LogP contribution in [0.4, 0.5) is 8.78 Å². The van der Waals surface area contributed by atoms with Crippen molar-refractivity contribution in [2.75, 3.05) is 0 Å². The van der Waals surface area contributed by atoms with Crippen LogP contribution in [0.15, 0.2) is 18.2 Å². The van der Waals surface area contributed by atoms with Gasteiger partial charge in [-0.15, -0.1) is 0 Å². The molecule has 1 N–H and O–H groups in total. The fourth-order valence-corrected chi connectivity index (χ4v) is 2.69. The molecule has 7 heteroatoms. The van der Waals surface area contributed by atoms with E-state index in [0.717, 1.165) is 18.2 Å². The van der Waals surface area contributed by atoms with Crippen molar-refractivity contribution in [2.24, 2.45) is 0 Å². The number of Topliss-reactive ketones (excluding diaryl/α,β-unsaturated/α-hetero) is 2. The minimum Gasteiger partial charge on any atom is -0.450 e. The minimum atomic E-state index is -1.29. The lowest BCUT2D eigenvalue weighted by atomic mass is 10.0. The smallest absolute Gasteiger partial charge is 0.344 e. The van der Waals surface area contributed by atoms with Crippen molar-refractivity contribution in [3.05, 3.63) is 57.9 Å². The Morgan fingerprint density at radius 1 is 1.08 bits per heavy atom. The molecule has 5 nitrogen and oxygen atoms in total. The van der Waals surface area contributed by atoms with Crippen molar-refractivity contribution in [2.45, 2.75) is 33.8 Å². The number of nitrogens with one attached hydrogen (secondary N) is 1. The first-order chi connectivity index (χ1) is 11.6. The number of hydrogen-bond donors (Lipinski definition) is 1. The SMILES string of the molecule is CC(=O)c1c(C)[nH]c(C(=O)[C@@H](C)OC(=O)c2c(F)cccc2F)c1C. The topological polar surface area (TPSA) is 76.2 Å². The van der Waals surface area contributed by atoms with Crippen LogP contribution in [0.1, 0.15) is 56.3 Å². The van der Waals surface area contributed by atoms with E-state index in [2.05, 4.69) is 4.98 Å². The van der Waals surface area contributed by atoms with Crippen molar-refractivity contribution in [3.8, 4) is 0 Å². The predicted molar refractivity (Wildman–Crippen MR) is 85.8 cm³/mol. The van der Waals surface area contributed by atoms with Gasteiger partial charge in [0, 0.05) is 11.3 Å². The maximum absolute atomic E-state index is 13.6. The highest BCUT2D eigenvalue weighted by atomic mass is 19.1. The molecule has 0 saturated heterocycles. The molecule has 0 aliphatic carbocycles. The molecule has 0 spiro atoms. The van der Waals surface area contributed by atoms with E-state index < -0.39 is 35.1 Å². The Labute approximate surface area is 143 Å². The fraction of sp³-hybridized carbons (Fsp3) is 0.278. The van der Waals surface area contributed by atoms with Crippen LogP contribution in [0, 0.1) is 25.5 Å². The number of carbonyl (C=O) groups is 3. The van der Waals surface area contributed by atoms with Crippen LogP contribution in [-0.4, -0.2) is 28.6 Å². The van der Waals surface area contributed by atoms with Gasteiger partial charge in [-0.3, -0.25) is 9.59 Å². The van der Waals surface area contributed by atoms with Crippen molar-refractivity contribution in [3.63, 3.8) is 0 Å². The number of H-pyrrole nitrogens is 1. The Hall–Kier alpha value is -2.83. The van der Waals surface area contributed by atoms with E-state index in [9.17, 15) is 23.2 Å². The van der Waals surface area contributed by atoms with Crippen molar-refractivity contribution in [1.82, 2.24) is 4.98 Å². The summed E-state index contributed by atoms with van der Waals surface area (Å²) in [7, 11) is 0. The number of ketones is 2. The van der Waals surface area contributed by atoms with E-state index in [1.54, 1.807) is 13.8 Å². The molecule has 0 amide bonds. The lowest BCUT2D eigenvalue weighted by Gasteiger charge is -2.13. The normalized spacial score (nSPS) is 11.9. The highest BCUT2D eigenvalue weighted by Gasteiger charge is 2.28. The summed E-state index contributed by atoms with van der Waals surface area (Å²) in [6, 6.07) is 2.96. The average Bonchev–Trinajstić information content (AvgIpc) is 2.80. The van der Waals surface area contributed by atoms with E-state index in [1.165, 1.54) is 13.8 Å². The summed E-state index contributed by atoms with van der Waals surface area (Å²) < 4.78 is 32.1. The van der Waals surface area contributed by atoms with E-state index >= 15 is 0 Å². The molecule has 25 heavy (non-hydrogen) atoms. The molecule has 0 aliphatic heterocycles. The van der Waals surface area contributed by atoms with Gasteiger partial charge in [-0.05, 0) is 45.4 Å². The number of aromatic amines is 1. The van der Waals surface area contributed by atoms with E-state index in [0.29, 0.717) is 16.8 Å². The van der Waals surface area contributed by atoms with Crippen LogP contribution in [-0.2, 0) is 4.74 Å². The van der Waals surface area contributed by atoms with E-state index in [-0.39, 0.29) is 11.5 Å². The quantitative estimate of drug-likeness (QED) is 0.662. The summed E-state index contributed by atoms with van der Waals surface area (Å²) in [6.45, 7) is 5.91. The second-order valence-electron chi connectivity index (χ2n) is 5.69. The molecule has 2 aromatic rings. The number of esters is 1. The molecule has 1 atom stereocenters. The molecule has 0 unspecified atom stereocenters. The Bertz CT molecular complexity index is 850. The number of benzene rings is 1. The second-order valence-corrected chi connectivity index (χ2v) is 5.69. The number of halogens is 2. The number of carbonyl (C=O) groups excluding carboxylic acids is 3.